The van der Waals surface area contributed by atoms with Crippen molar-refractivity contribution in [3.05, 3.63) is 71.8 Å². The molecular formula is C33H45N3O8. The molecule has 11 heteroatoms. The Balaban J connectivity index is 2.17. The molecule has 2 rings (SSSR count). The quantitative estimate of drug-likeness (QED) is 0.234. The van der Waals surface area contributed by atoms with Crippen LogP contribution in [0.1, 0.15) is 65.5 Å². The smallest absolute Gasteiger partial charge is 0.408 e. The molecule has 0 saturated heterocycles. The Morgan fingerprint density at radius 1 is 0.750 bits per heavy atom. The predicted molar refractivity (Wildman–Crippen MR) is 165 cm³/mol. The van der Waals surface area contributed by atoms with Gasteiger partial charge in [-0.15, -0.1) is 0 Å². The van der Waals surface area contributed by atoms with Gasteiger partial charge < -0.3 is 29.7 Å². The molecule has 0 aliphatic rings. The first-order valence-electron chi connectivity index (χ1n) is 14.6. The zero-order valence-corrected chi connectivity index (χ0v) is 26.5. The molecule has 11 nitrogen and oxygen atoms in total. The Bertz CT molecular complexity index is 1240. The van der Waals surface area contributed by atoms with Gasteiger partial charge in [-0.1, -0.05) is 60.7 Å². The lowest BCUT2D eigenvalue weighted by Gasteiger charge is -2.28. The molecule has 2 aromatic carbocycles. The number of ketones is 1. The highest BCUT2D eigenvalue weighted by molar-refractivity contribution is 5.90. The summed E-state index contributed by atoms with van der Waals surface area (Å²) in [6.07, 6.45) is -1.64. The van der Waals surface area contributed by atoms with E-state index in [1.807, 2.05) is 48.5 Å². The first-order valence-corrected chi connectivity index (χ1v) is 14.6. The standard InChI is InChI=1S/C33H45N3O8/c1-32(2,3)43-30(40)34-22-26(37)18-20-36(19-17-24-13-9-7-10-14-24)29(39)27(35-31(41)44-33(4,5)6)21-28(38)42-23-25-15-11-8-12-16-25/h7-16,27H,17-23H2,1-6H3,(H,34,40)(H,35,41)/t27-/m0/s1. The molecule has 0 bridgehead atoms. The predicted octanol–water partition coefficient (Wildman–Crippen LogP) is 4.57. The monoisotopic (exact) mass is 611 g/mol. The summed E-state index contributed by atoms with van der Waals surface area (Å²) >= 11 is 0. The number of nitrogens with zero attached hydrogens (tertiary/aromatic N) is 1. The average Bonchev–Trinajstić information content (AvgIpc) is 2.93. The van der Waals surface area contributed by atoms with Gasteiger partial charge in [-0.2, -0.15) is 0 Å². The van der Waals surface area contributed by atoms with Crippen molar-refractivity contribution < 1.29 is 38.2 Å². The molecule has 1 atom stereocenters. The van der Waals surface area contributed by atoms with Gasteiger partial charge in [0.2, 0.25) is 5.91 Å². The Hall–Kier alpha value is -4.41. The van der Waals surface area contributed by atoms with E-state index in [1.165, 1.54) is 4.90 Å². The van der Waals surface area contributed by atoms with Crippen LogP contribution in [0.15, 0.2) is 60.7 Å². The molecule has 2 aromatic rings. The Labute approximate surface area is 259 Å². The van der Waals surface area contributed by atoms with Crippen LogP contribution in [-0.4, -0.2) is 71.6 Å². The van der Waals surface area contributed by atoms with Crippen LogP contribution >= 0.6 is 0 Å². The van der Waals surface area contributed by atoms with Crippen LogP contribution < -0.4 is 10.6 Å². The summed E-state index contributed by atoms with van der Waals surface area (Å²) in [4.78, 5) is 65.4. The number of rotatable bonds is 14. The molecule has 240 valence electrons. The average molecular weight is 612 g/mol. The van der Waals surface area contributed by atoms with Crippen molar-refractivity contribution in [1.29, 1.82) is 0 Å². The maximum Gasteiger partial charge on any atom is 0.408 e. The van der Waals surface area contributed by atoms with Gasteiger partial charge in [-0.25, -0.2) is 9.59 Å². The van der Waals surface area contributed by atoms with Gasteiger partial charge in [-0.05, 0) is 59.1 Å². The second-order valence-corrected chi connectivity index (χ2v) is 12.3. The van der Waals surface area contributed by atoms with Crippen LogP contribution in [0.5, 0.6) is 0 Å². The molecule has 0 spiro atoms. The molecule has 0 saturated carbocycles. The number of ether oxygens (including phenoxy) is 3. The number of Topliss-reactive ketones (excluding diaryl/α,β-unsaturated/α-hetero) is 1. The lowest BCUT2D eigenvalue weighted by atomic mass is 10.1. The van der Waals surface area contributed by atoms with Gasteiger partial charge in [0.1, 0.15) is 23.9 Å². The van der Waals surface area contributed by atoms with Gasteiger partial charge >= 0.3 is 18.2 Å². The molecule has 0 aromatic heterocycles. The van der Waals surface area contributed by atoms with Crippen molar-refractivity contribution in [3.63, 3.8) is 0 Å². The maximum atomic E-state index is 13.9. The second-order valence-electron chi connectivity index (χ2n) is 12.3. The van der Waals surface area contributed by atoms with E-state index in [4.69, 9.17) is 14.2 Å². The lowest BCUT2D eigenvalue weighted by molar-refractivity contribution is -0.148. The largest absolute Gasteiger partial charge is 0.461 e. The van der Waals surface area contributed by atoms with Gasteiger partial charge in [0.25, 0.3) is 0 Å². The molecule has 0 fully saturated rings. The fourth-order valence-electron chi connectivity index (χ4n) is 3.91. The molecule has 0 aliphatic carbocycles. The summed E-state index contributed by atoms with van der Waals surface area (Å²) < 4.78 is 15.9. The third-order valence-electron chi connectivity index (χ3n) is 5.92. The van der Waals surface area contributed by atoms with Gasteiger partial charge in [0.15, 0.2) is 5.78 Å². The minimum absolute atomic E-state index is 0.00386. The van der Waals surface area contributed by atoms with Crippen LogP contribution in [0.25, 0.3) is 0 Å². The topological polar surface area (TPSA) is 140 Å². The minimum Gasteiger partial charge on any atom is -0.461 e. The van der Waals surface area contributed by atoms with Gasteiger partial charge in [0.05, 0.1) is 13.0 Å². The first-order chi connectivity index (χ1) is 20.6. The van der Waals surface area contributed by atoms with Crippen LogP contribution in [0, 0.1) is 0 Å². The first kappa shape index (κ1) is 35.8. The number of hydrogen-bond donors (Lipinski definition) is 2. The molecule has 0 radical (unpaired) electrons. The van der Waals surface area contributed by atoms with Crippen molar-refractivity contribution in [2.45, 2.75) is 84.7 Å². The second kappa shape index (κ2) is 17.0. The summed E-state index contributed by atoms with van der Waals surface area (Å²) in [5, 5.41) is 4.94. The maximum absolute atomic E-state index is 13.9. The molecule has 0 aliphatic heterocycles. The van der Waals surface area contributed by atoms with E-state index in [-0.39, 0.29) is 38.4 Å². The van der Waals surface area contributed by atoms with Crippen molar-refractivity contribution in [2.75, 3.05) is 19.6 Å². The zero-order chi connectivity index (χ0) is 32.8. The van der Waals surface area contributed by atoms with Crippen LogP contribution in [-0.2, 0) is 41.6 Å². The minimum atomic E-state index is -1.31. The van der Waals surface area contributed by atoms with Crippen LogP contribution in [0.2, 0.25) is 0 Å². The number of hydrogen-bond acceptors (Lipinski definition) is 8. The molecular weight excluding hydrogens is 566 g/mol. The van der Waals surface area contributed by atoms with E-state index in [1.54, 1.807) is 53.7 Å². The summed E-state index contributed by atoms with van der Waals surface area (Å²) in [5.41, 5.74) is 0.173. The molecule has 3 amide bonds. The lowest BCUT2D eigenvalue weighted by Crippen LogP contribution is -2.51. The van der Waals surface area contributed by atoms with E-state index in [0.717, 1.165) is 11.1 Å². The third-order valence-corrected chi connectivity index (χ3v) is 5.92. The van der Waals surface area contributed by atoms with Gasteiger partial charge in [0, 0.05) is 19.5 Å². The van der Waals surface area contributed by atoms with Crippen molar-refractivity contribution in [2.24, 2.45) is 0 Å². The normalized spacial score (nSPS) is 12.0. The number of carbonyl (C=O) groups excluding carboxylic acids is 5. The van der Waals surface area contributed by atoms with Crippen molar-refractivity contribution in [1.82, 2.24) is 15.5 Å². The highest BCUT2D eigenvalue weighted by Crippen LogP contribution is 2.12. The third kappa shape index (κ3) is 15.2. The summed E-state index contributed by atoms with van der Waals surface area (Å²) in [5.74, 6) is -1.59. The zero-order valence-electron chi connectivity index (χ0n) is 26.5. The summed E-state index contributed by atoms with van der Waals surface area (Å²) in [7, 11) is 0. The Kier molecular flexibility index (Phi) is 13.8. The number of nitrogens with one attached hydrogen (secondary N) is 2. The number of esters is 1. The van der Waals surface area contributed by atoms with E-state index in [2.05, 4.69) is 10.6 Å². The van der Waals surface area contributed by atoms with E-state index in [0.29, 0.717) is 6.42 Å². The van der Waals surface area contributed by atoms with Crippen LogP contribution in [0.3, 0.4) is 0 Å². The Morgan fingerprint density at radius 3 is 1.86 bits per heavy atom. The van der Waals surface area contributed by atoms with E-state index < -0.39 is 47.7 Å². The van der Waals surface area contributed by atoms with Crippen molar-refractivity contribution >= 4 is 29.8 Å². The summed E-state index contributed by atoms with van der Waals surface area (Å²) in [6, 6.07) is 17.2. The number of amides is 3. The van der Waals surface area contributed by atoms with Gasteiger partial charge in [-0.3, -0.25) is 14.4 Å². The number of alkyl carbamates (subject to hydrolysis) is 2. The summed E-state index contributed by atoms with van der Waals surface area (Å²) in [6.45, 7) is 10.1. The number of carbonyl (C=O) groups is 5. The highest BCUT2D eigenvalue weighted by atomic mass is 16.6. The highest BCUT2D eigenvalue weighted by Gasteiger charge is 2.31. The fourth-order valence-corrected chi connectivity index (χ4v) is 3.91. The SMILES string of the molecule is CC(C)(C)OC(=O)NCC(=O)CCN(CCc1ccccc1)C(=O)[C@H](CC(=O)OCc1ccccc1)NC(=O)OC(C)(C)C. The van der Waals surface area contributed by atoms with E-state index in [9.17, 15) is 24.0 Å². The van der Waals surface area contributed by atoms with Crippen molar-refractivity contribution in [3.8, 4) is 0 Å². The molecule has 0 unspecified atom stereocenters. The molecule has 0 heterocycles. The number of benzene rings is 2. The molecule has 2 N–H and O–H groups in total. The fraction of sp³-hybridized carbons (Fsp3) is 0.485. The van der Waals surface area contributed by atoms with E-state index >= 15 is 0 Å². The Morgan fingerprint density at radius 2 is 1.30 bits per heavy atom. The molecule has 44 heavy (non-hydrogen) atoms. The van der Waals surface area contributed by atoms with Crippen LogP contribution in [0.4, 0.5) is 9.59 Å².